The second-order valence-corrected chi connectivity index (χ2v) is 4.60. The molecule has 1 aromatic carbocycles. The highest BCUT2D eigenvalue weighted by molar-refractivity contribution is 6.07. The van der Waals surface area contributed by atoms with Gasteiger partial charge in [-0.1, -0.05) is 5.18 Å². The second-order valence-electron chi connectivity index (χ2n) is 4.60. The summed E-state index contributed by atoms with van der Waals surface area (Å²) in [5, 5.41) is 2.81. The van der Waals surface area contributed by atoms with Gasteiger partial charge >= 0.3 is 0 Å². The van der Waals surface area contributed by atoms with Crippen LogP contribution in [0.1, 0.15) is 26.3 Å². The summed E-state index contributed by atoms with van der Waals surface area (Å²) in [6, 6.07) is 2.24. The van der Waals surface area contributed by atoms with Gasteiger partial charge in [-0.05, 0) is 17.7 Å². The SMILES string of the molecule is COc1cc2c(cc1C(=O)N(C)C)C(=O)C(N=O)C2. The zero-order valence-corrected chi connectivity index (χ0v) is 11.0. The van der Waals surface area contributed by atoms with E-state index in [-0.39, 0.29) is 18.1 Å². The van der Waals surface area contributed by atoms with Crippen LogP contribution in [0.15, 0.2) is 17.3 Å². The first kappa shape index (κ1) is 13.2. The van der Waals surface area contributed by atoms with E-state index >= 15 is 0 Å². The van der Waals surface area contributed by atoms with Gasteiger partial charge in [0.25, 0.3) is 5.91 Å². The quantitative estimate of drug-likeness (QED) is 0.769. The largest absolute Gasteiger partial charge is 0.496 e. The molecule has 0 saturated heterocycles. The van der Waals surface area contributed by atoms with Gasteiger partial charge in [0, 0.05) is 26.1 Å². The summed E-state index contributed by atoms with van der Waals surface area (Å²) in [6.07, 6.45) is 0.268. The van der Waals surface area contributed by atoms with Gasteiger partial charge in [-0.15, -0.1) is 0 Å². The first-order valence-corrected chi connectivity index (χ1v) is 5.78. The number of methoxy groups -OCH3 is 1. The van der Waals surface area contributed by atoms with Crippen molar-refractivity contribution in [2.75, 3.05) is 21.2 Å². The maximum atomic E-state index is 12.0. The van der Waals surface area contributed by atoms with Crippen molar-refractivity contribution < 1.29 is 14.3 Å². The number of ether oxygens (including phenoxy) is 1. The summed E-state index contributed by atoms with van der Waals surface area (Å²) in [5.74, 6) is -0.188. The topological polar surface area (TPSA) is 76.0 Å². The molecule has 0 saturated carbocycles. The van der Waals surface area contributed by atoms with Crippen LogP contribution in [0.25, 0.3) is 0 Å². The molecule has 0 N–H and O–H groups in total. The van der Waals surface area contributed by atoms with E-state index in [1.807, 2.05) is 0 Å². The molecule has 0 aromatic heterocycles. The molecule has 0 spiro atoms. The molecule has 1 aliphatic rings. The Morgan fingerprint density at radius 3 is 2.63 bits per heavy atom. The fraction of sp³-hybridized carbons (Fsp3) is 0.385. The lowest BCUT2D eigenvalue weighted by Gasteiger charge is -2.14. The molecule has 1 aliphatic carbocycles. The average molecular weight is 262 g/mol. The molecule has 0 radical (unpaired) electrons. The third-order valence-electron chi connectivity index (χ3n) is 3.17. The fourth-order valence-electron chi connectivity index (χ4n) is 2.16. The van der Waals surface area contributed by atoms with Crippen molar-refractivity contribution in [3.63, 3.8) is 0 Å². The van der Waals surface area contributed by atoms with Crippen LogP contribution in [0.4, 0.5) is 0 Å². The highest BCUT2D eigenvalue weighted by Crippen LogP contribution is 2.31. The Kier molecular flexibility index (Phi) is 3.33. The van der Waals surface area contributed by atoms with E-state index in [0.29, 0.717) is 22.4 Å². The molecule has 0 fully saturated rings. The number of fused-ring (bicyclic) bond motifs is 1. The number of carbonyl (C=O) groups is 2. The van der Waals surface area contributed by atoms with Gasteiger partial charge in [0.2, 0.25) is 0 Å². The van der Waals surface area contributed by atoms with Crippen LogP contribution in [0.2, 0.25) is 0 Å². The zero-order valence-electron chi connectivity index (χ0n) is 11.0. The van der Waals surface area contributed by atoms with E-state index in [1.165, 1.54) is 18.1 Å². The van der Waals surface area contributed by atoms with Crippen molar-refractivity contribution >= 4 is 11.7 Å². The molecular formula is C13H14N2O4. The van der Waals surface area contributed by atoms with Crippen LogP contribution < -0.4 is 4.74 Å². The molecule has 6 heteroatoms. The van der Waals surface area contributed by atoms with Gasteiger partial charge in [0.05, 0.1) is 12.7 Å². The van der Waals surface area contributed by atoms with Crippen molar-refractivity contribution in [3.05, 3.63) is 33.7 Å². The number of hydrogen-bond donors (Lipinski definition) is 0. The molecular weight excluding hydrogens is 248 g/mol. The lowest BCUT2D eigenvalue weighted by molar-refractivity contribution is 0.0824. The molecule has 0 aliphatic heterocycles. The van der Waals surface area contributed by atoms with E-state index in [4.69, 9.17) is 4.74 Å². The number of ketones is 1. The number of benzene rings is 1. The minimum atomic E-state index is -0.885. The molecule has 6 nitrogen and oxygen atoms in total. The Bertz CT molecular complexity index is 566. The first-order valence-electron chi connectivity index (χ1n) is 5.78. The number of nitrogens with zero attached hydrogens (tertiary/aromatic N) is 2. The predicted octanol–water partition coefficient (Wildman–Crippen LogP) is 1.27. The second kappa shape index (κ2) is 4.79. The Balaban J connectivity index is 2.54. The van der Waals surface area contributed by atoms with Crippen LogP contribution in [0.3, 0.4) is 0 Å². The van der Waals surface area contributed by atoms with Gasteiger partial charge in [-0.2, -0.15) is 4.91 Å². The summed E-state index contributed by atoms with van der Waals surface area (Å²) in [5.41, 5.74) is 1.39. The first-order chi connectivity index (χ1) is 8.99. The van der Waals surface area contributed by atoms with Crippen molar-refractivity contribution in [2.24, 2.45) is 5.18 Å². The normalized spacial score (nSPS) is 17.0. The smallest absolute Gasteiger partial charge is 0.257 e. The van der Waals surface area contributed by atoms with Crippen molar-refractivity contribution in [3.8, 4) is 5.75 Å². The summed E-state index contributed by atoms with van der Waals surface area (Å²) in [7, 11) is 4.69. The van der Waals surface area contributed by atoms with E-state index < -0.39 is 6.04 Å². The minimum absolute atomic E-state index is 0.255. The summed E-state index contributed by atoms with van der Waals surface area (Å²) >= 11 is 0. The summed E-state index contributed by atoms with van der Waals surface area (Å²) < 4.78 is 5.18. The highest BCUT2D eigenvalue weighted by Gasteiger charge is 2.33. The Hall–Kier alpha value is -2.24. The van der Waals surface area contributed by atoms with E-state index in [1.54, 1.807) is 20.2 Å². The number of hydrogen-bond acceptors (Lipinski definition) is 5. The predicted molar refractivity (Wildman–Crippen MR) is 68.6 cm³/mol. The minimum Gasteiger partial charge on any atom is -0.496 e. The molecule has 1 amide bonds. The lowest BCUT2D eigenvalue weighted by atomic mass is 10.0. The molecule has 0 bridgehead atoms. The van der Waals surface area contributed by atoms with Gasteiger partial charge in [-0.25, -0.2) is 0 Å². The fourth-order valence-corrected chi connectivity index (χ4v) is 2.16. The van der Waals surface area contributed by atoms with E-state index in [9.17, 15) is 14.5 Å². The summed E-state index contributed by atoms with van der Waals surface area (Å²) in [6.45, 7) is 0. The maximum absolute atomic E-state index is 12.0. The lowest BCUT2D eigenvalue weighted by Crippen LogP contribution is -2.22. The monoisotopic (exact) mass is 262 g/mol. The third kappa shape index (κ3) is 2.09. The Labute approximate surface area is 110 Å². The molecule has 1 unspecified atom stereocenters. The molecule has 0 heterocycles. The molecule has 19 heavy (non-hydrogen) atoms. The maximum Gasteiger partial charge on any atom is 0.257 e. The molecule has 1 atom stereocenters. The van der Waals surface area contributed by atoms with Gasteiger partial charge in [0.15, 0.2) is 11.8 Å². The van der Waals surface area contributed by atoms with Gasteiger partial charge in [-0.3, -0.25) is 9.59 Å². The third-order valence-corrected chi connectivity index (χ3v) is 3.17. The zero-order chi connectivity index (χ0) is 14.2. The van der Waals surface area contributed by atoms with Crippen LogP contribution in [0, 0.1) is 4.91 Å². The van der Waals surface area contributed by atoms with Crippen molar-refractivity contribution in [1.29, 1.82) is 0 Å². The molecule has 2 rings (SSSR count). The number of rotatable bonds is 3. The number of Topliss-reactive ketones (excluding diaryl/α,β-unsaturated/α-hetero) is 1. The van der Waals surface area contributed by atoms with Crippen LogP contribution in [0.5, 0.6) is 5.75 Å². The number of nitroso groups, excluding NO2 is 1. The van der Waals surface area contributed by atoms with Crippen molar-refractivity contribution in [2.45, 2.75) is 12.5 Å². The van der Waals surface area contributed by atoms with Crippen LogP contribution in [-0.4, -0.2) is 43.8 Å². The van der Waals surface area contributed by atoms with Crippen LogP contribution in [-0.2, 0) is 6.42 Å². The number of carbonyl (C=O) groups excluding carboxylic acids is 2. The van der Waals surface area contributed by atoms with Gasteiger partial charge < -0.3 is 9.64 Å². The highest BCUT2D eigenvalue weighted by atomic mass is 16.5. The average Bonchev–Trinajstić information content (AvgIpc) is 2.72. The Morgan fingerprint density at radius 2 is 2.11 bits per heavy atom. The molecule has 100 valence electrons. The Morgan fingerprint density at radius 1 is 1.42 bits per heavy atom. The summed E-state index contributed by atoms with van der Waals surface area (Å²) in [4.78, 5) is 35.9. The number of amides is 1. The molecule has 1 aromatic rings. The van der Waals surface area contributed by atoms with Gasteiger partial charge in [0.1, 0.15) is 5.75 Å². The van der Waals surface area contributed by atoms with E-state index in [2.05, 4.69) is 5.18 Å². The standard InChI is InChI=1S/C13H14N2O4/c1-15(2)13(17)9-6-8-7(5-11(9)19-3)4-10(14-18)12(8)16/h5-6,10H,4H2,1-3H3. The van der Waals surface area contributed by atoms with Crippen molar-refractivity contribution in [1.82, 2.24) is 4.90 Å². The van der Waals surface area contributed by atoms with E-state index in [0.717, 1.165) is 0 Å². The van der Waals surface area contributed by atoms with Crippen LogP contribution >= 0.6 is 0 Å².